The van der Waals surface area contributed by atoms with Crippen molar-refractivity contribution in [3.63, 3.8) is 0 Å². The van der Waals surface area contributed by atoms with Gasteiger partial charge in [-0.25, -0.2) is 0 Å². The number of aryl methyl sites for hydroxylation is 1. The van der Waals surface area contributed by atoms with Gasteiger partial charge in [-0.3, -0.25) is 0 Å². The molecular weight excluding hydrogens is 262 g/mol. The molecule has 1 saturated heterocycles. The van der Waals surface area contributed by atoms with Gasteiger partial charge in [-0.05, 0) is 57.5 Å². The van der Waals surface area contributed by atoms with Crippen LogP contribution in [0.1, 0.15) is 36.8 Å². The molecule has 0 saturated carbocycles. The third kappa shape index (κ3) is 4.77. The Kier molecular flexibility index (Phi) is 6.10. The maximum Gasteiger partial charge on any atom is 0.134 e. The smallest absolute Gasteiger partial charge is 0.134 e. The highest BCUT2D eigenvalue weighted by molar-refractivity contribution is 5.48. The van der Waals surface area contributed by atoms with Gasteiger partial charge >= 0.3 is 0 Å². The molecule has 1 heterocycles. The zero-order valence-electron chi connectivity index (χ0n) is 13.1. The number of hydrogen-bond acceptors (Lipinski definition) is 3. The summed E-state index contributed by atoms with van der Waals surface area (Å²) in [6.45, 7) is 3.82. The molecule has 0 aromatic heterocycles. The Morgan fingerprint density at radius 3 is 3.00 bits per heavy atom. The summed E-state index contributed by atoms with van der Waals surface area (Å²) >= 11 is 0. The average Bonchev–Trinajstić information content (AvgIpc) is 2.49. The third-order valence-electron chi connectivity index (χ3n) is 4.07. The topological polar surface area (TPSA) is 32.7 Å². The van der Waals surface area contributed by atoms with Crippen LogP contribution in [0.15, 0.2) is 18.2 Å². The zero-order valence-corrected chi connectivity index (χ0v) is 13.1. The molecule has 0 aliphatic carbocycles. The summed E-state index contributed by atoms with van der Waals surface area (Å²) in [6.07, 6.45) is 4.96. The van der Waals surface area contributed by atoms with Gasteiger partial charge in [0.15, 0.2) is 0 Å². The van der Waals surface area contributed by atoms with Crippen molar-refractivity contribution >= 4 is 0 Å². The number of aliphatic hydroxyl groups excluding tert-OH is 1. The molecule has 1 aromatic carbocycles. The lowest BCUT2D eigenvalue weighted by atomic mass is 10.0. The van der Waals surface area contributed by atoms with E-state index in [1.165, 1.54) is 25.8 Å². The minimum absolute atomic E-state index is 0.125. The van der Waals surface area contributed by atoms with Gasteiger partial charge in [-0.1, -0.05) is 24.3 Å². The van der Waals surface area contributed by atoms with Crippen molar-refractivity contribution in [2.45, 2.75) is 38.6 Å². The van der Waals surface area contributed by atoms with Crippen LogP contribution in [0, 0.1) is 18.8 Å². The summed E-state index contributed by atoms with van der Waals surface area (Å²) in [5, 5.41) is 8.84. The van der Waals surface area contributed by atoms with Crippen LogP contribution in [0.3, 0.4) is 0 Å². The number of likely N-dealkylation sites (tertiary alicyclic amines) is 1. The third-order valence-corrected chi connectivity index (χ3v) is 4.07. The summed E-state index contributed by atoms with van der Waals surface area (Å²) in [6, 6.07) is 6.65. The van der Waals surface area contributed by atoms with Crippen molar-refractivity contribution < 1.29 is 9.84 Å². The second kappa shape index (κ2) is 8.07. The van der Waals surface area contributed by atoms with E-state index >= 15 is 0 Å². The molecule has 0 amide bonds. The maximum atomic E-state index is 8.84. The van der Waals surface area contributed by atoms with Crippen molar-refractivity contribution in [1.82, 2.24) is 4.90 Å². The number of nitrogens with zero attached hydrogens (tertiary/aromatic N) is 1. The highest BCUT2D eigenvalue weighted by atomic mass is 16.5. The molecule has 3 nitrogen and oxygen atoms in total. The van der Waals surface area contributed by atoms with E-state index in [0.717, 1.165) is 23.3 Å². The van der Waals surface area contributed by atoms with Crippen LogP contribution < -0.4 is 4.74 Å². The lowest BCUT2D eigenvalue weighted by molar-refractivity contribution is 0.153. The number of aliphatic hydroxyl groups is 1. The van der Waals surface area contributed by atoms with E-state index < -0.39 is 0 Å². The SMILES string of the molecule is Cc1ccc(OCCC2CCCCN2C)c(C#CCO)c1. The predicted octanol–water partition coefficient (Wildman–Crippen LogP) is 2.59. The summed E-state index contributed by atoms with van der Waals surface area (Å²) in [4.78, 5) is 2.44. The molecule has 3 heteroatoms. The molecule has 1 fully saturated rings. The Bertz CT molecular complexity index is 516. The van der Waals surface area contributed by atoms with Gasteiger partial charge in [-0.2, -0.15) is 0 Å². The fourth-order valence-electron chi connectivity index (χ4n) is 2.82. The molecular formula is C18H25NO2. The van der Waals surface area contributed by atoms with Crippen LogP contribution in [-0.4, -0.2) is 42.9 Å². The van der Waals surface area contributed by atoms with Crippen LogP contribution in [0.2, 0.25) is 0 Å². The molecule has 1 unspecified atom stereocenters. The summed E-state index contributed by atoms with van der Waals surface area (Å²) < 4.78 is 5.93. The van der Waals surface area contributed by atoms with Gasteiger partial charge in [-0.15, -0.1) is 0 Å². The van der Waals surface area contributed by atoms with E-state index in [2.05, 4.69) is 23.8 Å². The number of benzene rings is 1. The molecule has 1 aromatic rings. The zero-order chi connectivity index (χ0) is 15.1. The van der Waals surface area contributed by atoms with E-state index in [1.807, 2.05) is 25.1 Å². The van der Waals surface area contributed by atoms with Gasteiger partial charge in [0.1, 0.15) is 12.4 Å². The fraction of sp³-hybridized carbons (Fsp3) is 0.556. The van der Waals surface area contributed by atoms with E-state index in [0.29, 0.717) is 12.6 Å². The molecule has 1 aliphatic rings. The molecule has 2 rings (SSSR count). The van der Waals surface area contributed by atoms with Crippen LogP contribution in [0.5, 0.6) is 5.75 Å². The number of piperidine rings is 1. The number of rotatable bonds is 4. The highest BCUT2D eigenvalue weighted by Gasteiger charge is 2.18. The van der Waals surface area contributed by atoms with E-state index in [4.69, 9.17) is 9.84 Å². The second-order valence-corrected chi connectivity index (χ2v) is 5.73. The maximum absolute atomic E-state index is 8.84. The Hall–Kier alpha value is -1.50. The Labute approximate surface area is 127 Å². The highest BCUT2D eigenvalue weighted by Crippen LogP contribution is 2.21. The molecule has 114 valence electrons. The van der Waals surface area contributed by atoms with Gasteiger partial charge < -0.3 is 14.7 Å². The first-order valence-electron chi connectivity index (χ1n) is 7.74. The molecule has 1 N–H and O–H groups in total. The Morgan fingerprint density at radius 2 is 2.24 bits per heavy atom. The summed E-state index contributed by atoms with van der Waals surface area (Å²) in [5.41, 5.74) is 2.01. The van der Waals surface area contributed by atoms with Crippen molar-refractivity contribution in [1.29, 1.82) is 0 Å². The quantitative estimate of drug-likeness (QED) is 0.864. The minimum Gasteiger partial charge on any atom is -0.492 e. The molecule has 0 bridgehead atoms. The molecule has 0 spiro atoms. The normalized spacial score (nSPS) is 18.9. The van der Waals surface area contributed by atoms with E-state index in [-0.39, 0.29) is 6.61 Å². The van der Waals surface area contributed by atoms with Gasteiger partial charge in [0, 0.05) is 6.04 Å². The van der Waals surface area contributed by atoms with Gasteiger partial charge in [0.05, 0.1) is 12.2 Å². The van der Waals surface area contributed by atoms with E-state index in [9.17, 15) is 0 Å². The predicted molar refractivity (Wildman–Crippen MR) is 85.5 cm³/mol. The van der Waals surface area contributed by atoms with Crippen LogP contribution in [-0.2, 0) is 0 Å². The lowest BCUT2D eigenvalue weighted by Crippen LogP contribution is -2.37. The summed E-state index contributed by atoms with van der Waals surface area (Å²) in [7, 11) is 2.20. The second-order valence-electron chi connectivity index (χ2n) is 5.73. The minimum atomic E-state index is -0.125. The van der Waals surface area contributed by atoms with Crippen LogP contribution >= 0.6 is 0 Å². The van der Waals surface area contributed by atoms with Gasteiger partial charge in [0.25, 0.3) is 0 Å². The standard InChI is InChI=1S/C18H25NO2/c1-15-8-9-18(16(14-15)6-5-12-20)21-13-10-17-7-3-4-11-19(17)2/h8-9,14,17,20H,3-4,7,10-13H2,1-2H3. The first-order chi connectivity index (χ1) is 10.2. The van der Waals surface area contributed by atoms with Crippen molar-refractivity contribution in [2.75, 3.05) is 26.8 Å². The average molecular weight is 287 g/mol. The van der Waals surface area contributed by atoms with Gasteiger partial charge in [0.2, 0.25) is 0 Å². The largest absolute Gasteiger partial charge is 0.492 e. The Balaban J connectivity index is 1.93. The first kappa shape index (κ1) is 15.9. The Morgan fingerprint density at radius 1 is 1.38 bits per heavy atom. The molecule has 1 atom stereocenters. The molecule has 0 radical (unpaired) electrons. The van der Waals surface area contributed by atoms with Crippen molar-refractivity contribution in [3.05, 3.63) is 29.3 Å². The van der Waals surface area contributed by atoms with Crippen molar-refractivity contribution in [2.24, 2.45) is 0 Å². The first-order valence-corrected chi connectivity index (χ1v) is 7.74. The number of ether oxygens (including phenoxy) is 1. The lowest BCUT2D eigenvalue weighted by Gasteiger charge is -2.32. The van der Waals surface area contributed by atoms with Crippen LogP contribution in [0.4, 0.5) is 0 Å². The number of hydrogen-bond donors (Lipinski definition) is 1. The van der Waals surface area contributed by atoms with Crippen LogP contribution in [0.25, 0.3) is 0 Å². The molecule has 21 heavy (non-hydrogen) atoms. The monoisotopic (exact) mass is 287 g/mol. The van der Waals surface area contributed by atoms with E-state index in [1.54, 1.807) is 0 Å². The molecule has 1 aliphatic heterocycles. The summed E-state index contributed by atoms with van der Waals surface area (Å²) in [5.74, 6) is 6.48. The fourth-order valence-corrected chi connectivity index (χ4v) is 2.82. The van der Waals surface area contributed by atoms with Crippen molar-refractivity contribution in [3.8, 4) is 17.6 Å².